The lowest BCUT2D eigenvalue weighted by atomic mass is 9.98. The van der Waals surface area contributed by atoms with Gasteiger partial charge < -0.3 is 10.2 Å². The van der Waals surface area contributed by atoms with Crippen LogP contribution < -0.4 is 5.73 Å². The Labute approximate surface area is 206 Å². The largest absolute Gasteiger partial charge is 0.461 e. The second kappa shape index (κ2) is 9.10. The normalized spacial score (nSPS) is 12.3. The molecule has 6 rings (SSSR count). The first-order valence-electron chi connectivity index (χ1n) is 11.7. The van der Waals surface area contributed by atoms with Gasteiger partial charge in [-0.05, 0) is 36.1 Å². The molecule has 4 heterocycles. The van der Waals surface area contributed by atoms with Crippen molar-refractivity contribution < 1.29 is 9.21 Å². The van der Waals surface area contributed by atoms with E-state index in [9.17, 15) is 4.79 Å². The molecule has 0 aliphatic rings. The van der Waals surface area contributed by atoms with Crippen LogP contribution in [0.3, 0.4) is 0 Å². The second-order valence-electron chi connectivity index (χ2n) is 8.56. The van der Waals surface area contributed by atoms with E-state index < -0.39 is 6.04 Å². The van der Waals surface area contributed by atoms with Gasteiger partial charge in [0, 0.05) is 6.42 Å². The zero-order chi connectivity index (χ0) is 24.5. The number of ketones is 1. The van der Waals surface area contributed by atoms with Gasteiger partial charge in [0.1, 0.15) is 6.04 Å². The van der Waals surface area contributed by atoms with E-state index in [4.69, 9.17) is 10.2 Å². The molecule has 2 N–H and O–H groups in total. The number of furan rings is 1. The third kappa shape index (κ3) is 3.90. The highest BCUT2D eigenvalue weighted by atomic mass is 16.3. The quantitative estimate of drug-likeness (QED) is 0.343. The van der Waals surface area contributed by atoms with E-state index in [1.54, 1.807) is 29.3 Å². The number of nitrogen functional groups attached to an aromatic ring is 1. The Kier molecular flexibility index (Phi) is 5.49. The summed E-state index contributed by atoms with van der Waals surface area (Å²) in [5.41, 5.74) is 9.29. The van der Waals surface area contributed by atoms with E-state index in [0.717, 1.165) is 18.4 Å². The number of aromatic nitrogens is 6. The number of aryl methyl sites for hydroxylation is 1. The van der Waals surface area contributed by atoms with E-state index in [1.165, 1.54) is 10.1 Å². The third-order valence-corrected chi connectivity index (χ3v) is 6.19. The maximum atomic E-state index is 13.6. The standard InChI is InChI=1S/C27H23N7O2/c28-27-31-26-20(25-30-24(32-34(25)27)22-15-8-16-36-22)17-29-33(26)23(19-12-5-2-6-13-19)21(35)14-7-11-18-9-3-1-4-10-18/h1-6,8-10,12-13,15-17,23H,7,11,14H2,(H2,28,31)/t23-/m0/s1. The van der Waals surface area contributed by atoms with E-state index in [0.29, 0.717) is 34.7 Å². The predicted octanol–water partition coefficient (Wildman–Crippen LogP) is 4.50. The number of Topliss-reactive ketones (excluding diaryl/α,β-unsaturated/α-hetero) is 1. The summed E-state index contributed by atoms with van der Waals surface area (Å²) in [4.78, 5) is 22.8. The first-order chi connectivity index (χ1) is 17.7. The molecule has 9 nitrogen and oxygen atoms in total. The van der Waals surface area contributed by atoms with Gasteiger partial charge in [-0.1, -0.05) is 60.7 Å². The molecule has 36 heavy (non-hydrogen) atoms. The Morgan fingerprint density at radius 3 is 2.47 bits per heavy atom. The maximum absolute atomic E-state index is 13.6. The summed E-state index contributed by atoms with van der Waals surface area (Å²) in [6.07, 6.45) is 5.19. The smallest absolute Gasteiger partial charge is 0.225 e. The minimum atomic E-state index is -0.638. The van der Waals surface area contributed by atoms with E-state index in [-0.39, 0.29) is 11.7 Å². The molecule has 2 aromatic carbocycles. The summed E-state index contributed by atoms with van der Waals surface area (Å²) < 4.78 is 8.55. The van der Waals surface area contributed by atoms with E-state index in [1.807, 2.05) is 48.5 Å². The highest BCUT2D eigenvalue weighted by molar-refractivity contribution is 5.93. The van der Waals surface area contributed by atoms with Crippen molar-refractivity contribution in [1.29, 1.82) is 0 Å². The summed E-state index contributed by atoms with van der Waals surface area (Å²) in [7, 11) is 0. The van der Waals surface area contributed by atoms with Crippen LogP contribution in [-0.4, -0.2) is 35.1 Å². The van der Waals surface area contributed by atoms with Crippen LogP contribution in [0.15, 0.2) is 89.7 Å². The summed E-state index contributed by atoms with van der Waals surface area (Å²) >= 11 is 0. The fourth-order valence-corrected chi connectivity index (χ4v) is 4.47. The van der Waals surface area contributed by atoms with Crippen LogP contribution in [0.4, 0.5) is 5.95 Å². The van der Waals surface area contributed by atoms with Crippen molar-refractivity contribution in [3.8, 4) is 11.6 Å². The van der Waals surface area contributed by atoms with Gasteiger partial charge in [-0.3, -0.25) is 4.79 Å². The van der Waals surface area contributed by atoms with Gasteiger partial charge in [0.15, 0.2) is 22.8 Å². The molecule has 0 amide bonds. The molecular weight excluding hydrogens is 454 g/mol. The lowest BCUT2D eigenvalue weighted by Gasteiger charge is -2.18. The third-order valence-electron chi connectivity index (χ3n) is 6.19. The molecule has 4 aromatic heterocycles. The molecule has 9 heteroatoms. The molecule has 0 saturated heterocycles. The SMILES string of the molecule is Nc1nc2c(cnn2[C@H](C(=O)CCCc2ccccc2)c2ccccc2)c2nc(-c3ccco3)nn12. The molecular formula is C27H23N7O2. The maximum Gasteiger partial charge on any atom is 0.225 e. The average Bonchev–Trinajstić information content (AvgIpc) is 3.66. The van der Waals surface area contributed by atoms with Crippen molar-refractivity contribution in [2.75, 3.05) is 5.73 Å². The Balaban J connectivity index is 1.39. The summed E-state index contributed by atoms with van der Waals surface area (Å²) in [6, 6.07) is 22.7. The van der Waals surface area contributed by atoms with Crippen molar-refractivity contribution in [2.45, 2.75) is 25.3 Å². The number of benzene rings is 2. The lowest BCUT2D eigenvalue weighted by molar-refractivity contribution is -0.121. The number of nitrogens with two attached hydrogens (primary N) is 1. The zero-order valence-corrected chi connectivity index (χ0v) is 19.4. The first kappa shape index (κ1) is 21.7. The molecule has 0 spiro atoms. The number of carbonyl (C=O) groups is 1. The highest BCUT2D eigenvalue weighted by Crippen LogP contribution is 2.28. The average molecular weight is 478 g/mol. The minimum Gasteiger partial charge on any atom is -0.461 e. The number of fused-ring (bicyclic) bond motifs is 3. The topological polar surface area (TPSA) is 117 Å². The molecule has 178 valence electrons. The van der Waals surface area contributed by atoms with Gasteiger partial charge in [-0.25, -0.2) is 9.67 Å². The highest BCUT2D eigenvalue weighted by Gasteiger charge is 2.27. The summed E-state index contributed by atoms with van der Waals surface area (Å²) in [5.74, 6) is 1.12. The number of nitrogens with zero attached hydrogens (tertiary/aromatic N) is 6. The van der Waals surface area contributed by atoms with Crippen LogP contribution in [0.1, 0.15) is 30.0 Å². The monoisotopic (exact) mass is 477 g/mol. The van der Waals surface area contributed by atoms with E-state index >= 15 is 0 Å². The van der Waals surface area contributed by atoms with Gasteiger partial charge in [0.05, 0.1) is 17.8 Å². The fraction of sp³-hybridized carbons (Fsp3) is 0.148. The fourth-order valence-electron chi connectivity index (χ4n) is 4.47. The van der Waals surface area contributed by atoms with Crippen molar-refractivity contribution in [1.82, 2.24) is 29.4 Å². The Hall–Kier alpha value is -4.79. The van der Waals surface area contributed by atoms with Gasteiger partial charge in [0.25, 0.3) is 0 Å². The Bertz CT molecular complexity index is 1640. The van der Waals surface area contributed by atoms with Gasteiger partial charge in [0.2, 0.25) is 11.8 Å². The number of carbonyl (C=O) groups excluding carboxylic acids is 1. The van der Waals surface area contributed by atoms with Crippen LogP contribution in [0, 0.1) is 0 Å². The molecule has 0 fully saturated rings. The molecule has 1 atom stereocenters. The lowest BCUT2D eigenvalue weighted by Crippen LogP contribution is -2.22. The van der Waals surface area contributed by atoms with Crippen molar-refractivity contribution in [3.63, 3.8) is 0 Å². The number of rotatable bonds is 8. The van der Waals surface area contributed by atoms with Crippen LogP contribution in [0.2, 0.25) is 0 Å². The van der Waals surface area contributed by atoms with Crippen LogP contribution >= 0.6 is 0 Å². The van der Waals surface area contributed by atoms with Crippen molar-refractivity contribution in [2.24, 2.45) is 0 Å². The number of hydrogen-bond donors (Lipinski definition) is 1. The predicted molar refractivity (Wildman–Crippen MR) is 135 cm³/mol. The van der Waals surface area contributed by atoms with Crippen molar-refractivity contribution in [3.05, 3.63) is 96.4 Å². The molecule has 0 radical (unpaired) electrons. The Morgan fingerprint density at radius 2 is 1.72 bits per heavy atom. The summed E-state index contributed by atoms with van der Waals surface area (Å²) in [6.45, 7) is 0. The van der Waals surface area contributed by atoms with Crippen LogP contribution in [0.5, 0.6) is 0 Å². The summed E-state index contributed by atoms with van der Waals surface area (Å²) in [5, 5.41) is 9.68. The second-order valence-corrected chi connectivity index (χ2v) is 8.56. The molecule has 0 unspecified atom stereocenters. The Morgan fingerprint density at radius 1 is 0.944 bits per heavy atom. The molecule has 6 aromatic rings. The number of anilines is 1. The van der Waals surface area contributed by atoms with Gasteiger partial charge in [-0.15, -0.1) is 5.10 Å². The van der Waals surface area contributed by atoms with Gasteiger partial charge >= 0.3 is 0 Å². The van der Waals surface area contributed by atoms with Crippen molar-refractivity contribution >= 4 is 28.4 Å². The van der Waals surface area contributed by atoms with Gasteiger partial charge in [-0.2, -0.15) is 14.6 Å². The van der Waals surface area contributed by atoms with Crippen LogP contribution in [0.25, 0.3) is 28.3 Å². The molecule has 0 aliphatic heterocycles. The minimum absolute atomic E-state index is 0.0557. The molecule has 0 aliphatic carbocycles. The van der Waals surface area contributed by atoms with E-state index in [2.05, 4.69) is 32.3 Å². The number of hydrogen-bond acceptors (Lipinski definition) is 7. The van der Waals surface area contributed by atoms with Crippen LogP contribution in [-0.2, 0) is 11.2 Å². The zero-order valence-electron chi connectivity index (χ0n) is 19.4. The molecule has 0 bridgehead atoms. The molecule has 0 saturated carbocycles. The first-order valence-corrected chi connectivity index (χ1v) is 11.7.